The molecule has 0 amide bonds. The molecule has 0 aromatic carbocycles. The molecule has 0 spiro atoms. The van der Waals surface area contributed by atoms with Crippen molar-refractivity contribution < 1.29 is 0 Å². The Balaban J connectivity index is 1.27. The molecule has 3 rings (SSSR count). The molecule has 2 saturated carbocycles. The number of nitrogens with one attached hydrogen (secondary N) is 1. The summed E-state index contributed by atoms with van der Waals surface area (Å²) >= 11 is 0. The molecule has 3 heteroatoms. The average Bonchev–Trinajstić information content (AvgIpc) is 3.25. The first kappa shape index (κ1) is 12.9. The summed E-state index contributed by atoms with van der Waals surface area (Å²) in [5.41, 5.74) is 0. The molecule has 1 aliphatic heterocycles. The highest BCUT2D eigenvalue weighted by atomic mass is 15.3. The number of piperazine rings is 1. The van der Waals surface area contributed by atoms with Crippen molar-refractivity contribution in [2.75, 3.05) is 39.3 Å². The van der Waals surface area contributed by atoms with Gasteiger partial charge in [-0.3, -0.25) is 9.80 Å². The smallest absolute Gasteiger partial charge is 0.0113 e. The van der Waals surface area contributed by atoms with E-state index < -0.39 is 0 Å². The van der Waals surface area contributed by atoms with Crippen molar-refractivity contribution in [2.45, 2.75) is 57.0 Å². The van der Waals surface area contributed by atoms with Crippen LogP contribution in [0.25, 0.3) is 0 Å². The largest absolute Gasteiger partial charge is 0.313 e. The van der Waals surface area contributed by atoms with Crippen molar-refractivity contribution in [3.05, 3.63) is 0 Å². The third kappa shape index (κ3) is 3.69. The summed E-state index contributed by atoms with van der Waals surface area (Å²) in [7, 11) is 0. The fourth-order valence-corrected chi connectivity index (χ4v) is 3.53. The molecule has 0 atom stereocenters. The van der Waals surface area contributed by atoms with Gasteiger partial charge >= 0.3 is 0 Å². The van der Waals surface area contributed by atoms with Crippen LogP contribution in [0.1, 0.15) is 44.9 Å². The van der Waals surface area contributed by atoms with Crippen LogP contribution in [0.2, 0.25) is 0 Å². The molecule has 18 heavy (non-hydrogen) atoms. The summed E-state index contributed by atoms with van der Waals surface area (Å²) in [4.78, 5) is 5.35. The molecule has 0 aromatic rings. The SMILES string of the molecule is C1CCC(NCCN2CCN(C3CC3)CC2)CC1. The maximum atomic E-state index is 3.76. The van der Waals surface area contributed by atoms with Crippen LogP contribution in [-0.4, -0.2) is 61.2 Å². The van der Waals surface area contributed by atoms with Gasteiger partial charge in [-0.15, -0.1) is 0 Å². The van der Waals surface area contributed by atoms with E-state index in [1.165, 1.54) is 84.2 Å². The lowest BCUT2D eigenvalue weighted by Crippen LogP contribution is -2.49. The predicted octanol–water partition coefficient (Wildman–Crippen LogP) is 1.69. The van der Waals surface area contributed by atoms with Crippen LogP contribution in [0, 0.1) is 0 Å². The molecule has 1 saturated heterocycles. The predicted molar refractivity (Wildman–Crippen MR) is 75.9 cm³/mol. The lowest BCUT2D eigenvalue weighted by atomic mass is 9.95. The minimum Gasteiger partial charge on any atom is -0.313 e. The molecule has 0 aromatic heterocycles. The Labute approximate surface area is 112 Å². The molecule has 3 nitrogen and oxygen atoms in total. The van der Waals surface area contributed by atoms with Gasteiger partial charge in [0.2, 0.25) is 0 Å². The van der Waals surface area contributed by atoms with Gasteiger partial charge in [-0.1, -0.05) is 19.3 Å². The van der Waals surface area contributed by atoms with Gasteiger partial charge in [-0.05, 0) is 25.7 Å². The highest BCUT2D eigenvalue weighted by Gasteiger charge is 2.30. The summed E-state index contributed by atoms with van der Waals surface area (Å²) < 4.78 is 0. The molecule has 0 unspecified atom stereocenters. The van der Waals surface area contributed by atoms with Crippen LogP contribution in [0.15, 0.2) is 0 Å². The summed E-state index contributed by atoms with van der Waals surface area (Å²) in [6.45, 7) is 7.68. The van der Waals surface area contributed by atoms with Gasteiger partial charge in [-0.25, -0.2) is 0 Å². The van der Waals surface area contributed by atoms with Crippen LogP contribution < -0.4 is 5.32 Å². The Kier molecular flexibility index (Phi) is 4.55. The van der Waals surface area contributed by atoms with Crippen molar-refractivity contribution in [2.24, 2.45) is 0 Å². The maximum absolute atomic E-state index is 3.76. The van der Waals surface area contributed by atoms with Gasteiger partial charge in [0.05, 0.1) is 0 Å². The first-order chi connectivity index (χ1) is 8.92. The molecule has 1 N–H and O–H groups in total. The topological polar surface area (TPSA) is 18.5 Å². The van der Waals surface area contributed by atoms with E-state index in [-0.39, 0.29) is 0 Å². The van der Waals surface area contributed by atoms with E-state index in [0.717, 1.165) is 12.1 Å². The van der Waals surface area contributed by atoms with Crippen LogP contribution in [-0.2, 0) is 0 Å². The maximum Gasteiger partial charge on any atom is 0.0113 e. The third-order valence-corrected chi connectivity index (χ3v) is 4.94. The molecule has 1 heterocycles. The van der Waals surface area contributed by atoms with E-state index >= 15 is 0 Å². The Hall–Kier alpha value is -0.120. The van der Waals surface area contributed by atoms with Crippen molar-refractivity contribution in [3.63, 3.8) is 0 Å². The molecular formula is C15H29N3. The van der Waals surface area contributed by atoms with Gasteiger partial charge in [-0.2, -0.15) is 0 Å². The second-order valence-corrected chi connectivity index (χ2v) is 6.40. The van der Waals surface area contributed by atoms with E-state index in [9.17, 15) is 0 Å². The monoisotopic (exact) mass is 251 g/mol. The molecule has 3 fully saturated rings. The highest BCUT2D eigenvalue weighted by Crippen LogP contribution is 2.27. The zero-order chi connectivity index (χ0) is 12.2. The Morgan fingerprint density at radius 1 is 0.833 bits per heavy atom. The van der Waals surface area contributed by atoms with Crippen LogP contribution in [0.4, 0.5) is 0 Å². The minimum atomic E-state index is 0.825. The van der Waals surface area contributed by atoms with Crippen molar-refractivity contribution in [3.8, 4) is 0 Å². The van der Waals surface area contributed by atoms with E-state index in [1.54, 1.807) is 0 Å². The van der Waals surface area contributed by atoms with Crippen LogP contribution >= 0.6 is 0 Å². The quantitative estimate of drug-likeness (QED) is 0.802. The summed E-state index contributed by atoms with van der Waals surface area (Å²) in [5, 5.41) is 3.76. The summed E-state index contributed by atoms with van der Waals surface area (Å²) in [6, 6.07) is 1.79. The minimum absolute atomic E-state index is 0.825. The van der Waals surface area contributed by atoms with Crippen molar-refractivity contribution >= 4 is 0 Å². The zero-order valence-corrected chi connectivity index (χ0v) is 11.7. The highest BCUT2D eigenvalue weighted by molar-refractivity contribution is 4.87. The number of hydrogen-bond acceptors (Lipinski definition) is 3. The second kappa shape index (κ2) is 6.36. The lowest BCUT2D eigenvalue weighted by molar-refractivity contribution is 0.126. The second-order valence-electron chi connectivity index (χ2n) is 6.40. The van der Waals surface area contributed by atoms with Crippen molar-refractivity contribution in [1.82, 2.24) is 15.1 Å². The van der Waals surface area contributed by atoms with E-state index in [0.29, 0.717) is 0 Å². The zero-order valence-electron chi connectivity index (χ0n) is 11.7. The van der Waals surface area contributed by atoms with Gasteiger partial charge in [0.1, 0.15) is 0 Å². The third-order valence-electron chi connectivity index (χ3n) is 4.94. The van der Waals surface area contributed by atoms with Crippen LogP contribution in [0.5, 0.6) is 0 Å². The van der Waals surface area contributed by atoms with Gasteiger partial charge in [0.25, 0.3) is 0 Å². The van der Waals surface area contributed by atoms with E-state index in [2.05, 4.69) is 15.1 Å². The van der Waals surface area contributed by atoms with Crippen molar-refractivity contribution in [1.29, 1.82) is 0 Å². The lowest BCUT2D eigenvalue weighted by Gasteiger charge is -2.35. The molecular weight excluding hydrogens is 222 g/mol. The number of hydrogen-bond donors (Lipinski definition) is 1. The average molecular weight is 251 g/mol. The summed E-state index contributed by atoms with van der Waals surface area (Å²) in [5.74, 6) is 0. The molecule has 0 radical (unpaired) electrons. The van der Waals surface area contributed by atoms with Gasteiger partial charge < -0.3 is 5.32 Å². The van der Waals surface area contributed by atoms with Crippen LogP contribution in [0.3, 0.4) is 0 Å². The van der Waals surface area contributed by atoms with E-state index in [1.807, 2.05) is 0 Å². The van der Waals surface area contributed by atoms with Gasteiger partial charge in [0, 0.05) is 51.4 Å². The molecule has 2 aliphatic carbocycles. The Morgan fingerprint density at radius 2 is 1.56 bits per heavy atom. The fourth-order valence-electron chi connectivity index (χ4n) is 3.53. The fraction of sp³-hybridized carbons (Fsp3) is 1.00. The molecule has 104 valence electrons. The standard InChI is InChI=1S/C15H29N3/c1-2-4-14(5-3-1)16-8-9-17-10-12-18(13-11-17)15-6-7-15/h14-16H,1-13H2. The molecule has 0 bridgehead atoms. The normalized spacial score (nSPS) is 28.7. The Morgan fingerprint density at radius 3 is 2.22 bits per heavy atom. The number of rotatable bonds is 5. The van der Waals surface area contributed by atoms with Gasteiger partial charge in [0.15, 0.2) is 0 Å². The van der Waals surface area contributed by atoms with E-state index in [4.69, 9.17) is 0 Å². The number of nitrogens with zero attached hydrogens (tertiary/aromatic N) is 2. The first-order valence-corrected chi connectivity index (χ1v) is 8.11. The Bertz CT molecular complexity index is 238. The molecule has 3 aliphatic rings. The first-order valence-electron chi connectivity index (χ1n) is 8.11. The summed E-state index contributed by atoms with van der Waals surface area (Å²) in [6.07, 6.45) is 10.1.